The number of aromatic nitrogens is 3. The summed E-state index contributed by atoms with van der Waals surface area (Å²) in [6.45, 7) is 1.96. The Kier molecular flexibility index (Phi) is 6.56. The van der Waals surface area contributed by atoms with E-state index in [1.54, 1.807) is 24.5 Å². The first-order chi connectivity index (χ1) is 16.6. The zero-order chi connectivity index (χ0) is 23.5. The molecule has 0 radical (unpaired) electrons. The van der Waals surface area contributed by atoms with Crippen molar-refractivity contribution in [2.75, 3.05) is 35.2 Å². The fourth-order valence-electron chi connectivity index (χ4n) is 4.44. The standard InChI is InChI=1S/C25H24Cl2N6O/c26-20-7-2-8-21(27)23(20)32-22(34)13-29-18-6-1-4-16(12-18)17-5-3-11-33(14-17)25-19-9-10-28-24(19)30-15-31-25/h1-2,4,6-10,12,15,17,29H,3,5,11,13-14H2,(H,32,34)(H,28,30,31). The van der Waals surface area contributed by atoms with Crippen molar-refractivity contribution >= 4 is 57.3 Å². The minimum Gasteiger partial charge on any atom is -0.376 e. The lowest BCUT2D eigenvalue weighted by Gasteiger charge is -2.34. The highest BCUT2D eigenvalue weighted by atomic mass is 35.5. The van der Waals surface area contributed by atoms with Gasteiger partial charge < -0.3 is 20.5 Å². The number of nitrogens with zero attached hydrogens (tertiary/aromatic N) is 3. The number of fused-ring (bicyclic) bond motifs is 1. The molecule has 5 rings (SSSR count). The number of piperidine rings is 1. The van der Waals surface area contributed by atoms with Crippen LogP contribution in [-0.2, 0) is 4.79 Å². The van der Waals surface area contributed by atoms with Gasteiger partial charge in [-0.05, 0) is 48.7 Å². The second kappa shape index (κ2) is 9.91. The van der Waals surface area contributed by atoms with Crippen molar-refractivity contribution in [1.29, 1.82) is 0 Å². The van der Waals surface area contributed by atoms with Gasteiger partial charge in [0.25, 0.3) is 0 Å². The maximum atomic E-state index is 12.4. The average Bonchev–Trinajstić information content (AvgIpc) is 3.35. The number of aromatic amines is 1. The van der Waals surface area contributed by atoms with E-state index in [0.717, 1.165) is 48.5 Å². The molecule has 2 aromatic carbocycles. The van der Waals surface area contributed by atoms with Gasteiger partial charge in [-0.3, -0.25) is 4.79 Å². The van der Waals surface area contributed by atoms with Crippen LogP contribution in [0.25, 0.3) is 11.0 Å². The fourth-order valence-corrected chi connectivity index (χ4v) is 4.93. The van der Waals surface area contributed by atoms with Crippen molar-refractivity contribution in [1.82, 2.24) is 15.0 Å². The van der Waals surface area contributed by atoms with Crippen molar-refractivity contribution in [2.24, 2.45) is 0 Å². The third-order valence-electron chi connectivity index (χ3n) is 6.09. The van der Waals surface area contributed by atoms with Crippen molar-refractivity contribution in [3.63, 3.8) is 0 Å². The molecular weight excluding hydrogens is 471 g/mol. The molecule has 1 aliphatic heterocycles. The lowest BCUT2D eigenvalue weighted by atomic mass is 9.90. The Morgan fingerprint density at radius 3 is 2.79 bits per heavy atom. The predicted molar refractivity (Wildman–Crippen MR) is 138 cm³/mol. The lowest BCUT2D eigenvalue weighted by molar-refractivity contribution is -0.114. The number of benzene rings is 2. The van der Waals surface area contributed by atoms with E-state index in [9.17, 15) is 4.79 Å². The molecule has 2 aromatic heterocycles. The molecule has 7 nitrogen and oxygen atoms in total. The first-order valence-electron chi connectivity index (χ1n) is 11.2. The smallest absolute Gasteiger partial charge is 0.243 e. The average molecular weight is 495 g/mol. The fraction of sp³-hybridized carbons (Fsp3) is 0.240. The highest BCUT2D eigenvalue weighted by Crippen LogP contribution is 2.33. The van der Waals surface area contributed by atoms with Crippen LogP contribution in [0.15, 0.2) is 61.1 Å². The zero-order valence-corrected chi connectivity index (χ0v) is 19.9. The first kappa shape index (κ1) is 22.5. The molecule has 1 fully saturated rings. The number of para-hydroxylation sites is 1. The number of hydrogen-bond acceptors (Lipinski definition) is 5. The van der Waals surface area contributed by atoms with E-state index in [0.29, 0.717) is 21.7 Å². The van der Waals surface area contributed by atoms with Gasteiger partial charge >= 0.3 is 0 Å². The summed E-state index contributed by atoms with van der Waals surface area (Å²) in [6.07, 6.45) is 5.70. The maximum absolute atomic E-state index is 12.4. The number of amides is 1. The largest absolute Gasteiger partial charge is 0.376 e. The number of carbonyl (C=O) groups is 1. The lowest BCUT2D eigenvalue weighted by Crippen LogP contribution is -2.35. The summed E-state index contributed by atoms with van der Waals surface area (Å²) in [5.74, 6) is 1.12. The van der Waals surface area contributed by atoms with Crippen molar-refractivity contribution in [3.8, 4) is 0 Å². The summed E-state index contributed by atoms with van der Waals surface area (Å²) in [5, 5.41) is 7.85. The van der Waals surface area contributed by atoms with Gasteiger partial charge in [-0.1, -0.05) is 41.4 Å². The predicted octanol–water partition coefficient (Wildman–Crippen LogP) is 5.70. The highest BCUT2D eigenvalue weighted by Gasteiger charge is 2.24. The topological polar surface area (TPSA) is 85.9 Å². The van der Waals surface area contributed by atoms with Crippen molar-refractivity contribution < 1.29 is 4.79 Å². The number of carbonyl (C=O) groups excluding carboxylic acids is 1. The van der Waals surface area contributed by atoms with Crippen LogP contribution in [0.5, 0.6) is 0 Å². The number of hydrogen-bond donors (Lipinski definition) is 3. The van der Waals surface area contributed by atoms with Crippen LogP contribution in [0.2, 0.25) is 10.0 Å². The molecule has 3 heterocycles. The first-order valence-corrected chi connectivity index (χ1v) is 11.9. The van der Waals surface area contributed by atoms with E-state index < -0.39 is 0 Å². The number of nitrogens with one attached hydrogen (secondary N) is 3. The van der Waals surface area contributed by atoms with E-state index in [2.05, 4.69) is 42.6 Å². The Morgan fingerprint density at radius 2 is 1.94 bits per heavy atom. The normalized spacial score (nSPS) is 15.9. The zero-order valence-electron chi connectivity index (χ0n) is 18.4. The molecule has 0 spiro atoms. The molecule has 1 atom stereocenters. The summed E-state index contributed by atoms with van der Waals surface area (Å²) in [4.78, 5) is 26.8. The molecule has 1 aliphatic rings. The Labute approximate surface area is 207 Å². The number of H-pyrrole nitrogens is 1. The molecule has 34 heavy (non-hydrogen) atoms. The van der Waals surface area contributed by atoms with Gasteiger partial charge in [0.2, 0.25) is 5.91 Å². The van der Waals surface area contributed by atoms with Gasteiger partial charge in [0, 0.05) is 30.9 Å². The van der Waals surface area contributed by atoms with Crippen LogP contribution in [0, 0.1) is 0 Å². The molecule has 4 aromatic rings. The second-order valence-electron chi connectivity index (χ2n) is 8.35. The van der Waals surface area contributed by atoms with E-state index in [1.807, 2.05) is 24.4 Å². The number of halogens is 2. The molecule has 174 valence electrons. The van der Waals surface area contributed by atoms with Crippen LogP contribution in [0.3, 0.4) is 0 Å². The second-order valence-corrected chi connectivity index (χ2v) is 9.16. The summed E-state index contributed by atoms with van der Waals surface area (Å²) in [6, 6.07) is 15.4. The summed E-state index contributed by atoms with van der Waals surface area (Å²) < 4.78 is 0. The molecule has 1 saturated heterocycles. The quantitative estimate of drug-likeness (QED) is 0.320. The molecular formula is C25H24Cl2N6O. The summed E-state index contributed by atoms with van der Waals surface area (Å²) in [5.41, 5.74) is 3.42. The van der Waals surface area contributed by atoms with Crippen molar-refractivity contribution in [3.05, 3.63) is 76.7 Å². The van der Waals surface area contributed by atoms with Crippen LogP contribution in [0.4, 0.5) is 17.2 Å². The van der Waals surface area contributed by atoms with Gasteiger partial charge in [0.05, 0.1) is 27.7 Å². The van der Waals surface area contributed by atoms with Crippen LogP contribution >= 0.6 is 23.2 Å². The number of anilines is 3. The van der Waals surface area contributed by atoms with Gasteiger partial charge in [-0.2, -0.15) is 0 Å². The molecule has 9 heteroatoms. The highest BCUT2D eigenvalue weighted by molar-refractivity contribution is 6.39. The summed E-state index contributed by atoms with van der Waals surface area (Å²) in [7, 11) is 0. The Bertz CT molecular complexity index is 1300. The van der Waals surface area contributed by atoms with Crippen molar-refractivity contribution in [2.45, 2.75) is 18.8 Å². The molecule has 1 amide bonds. The number of rotatable bonds is 6. The van der Waals surface area contributed by atoms with Crippen LogP contribution < -0.4 is 15.5 Å². The maximum Gasteiger partial charge on any atom is 0.243 e. The molecule has 1 unspecified atom stereocenters. The summed E-state index contributed by atoms with van der Waals surface area (Å²) >= 11 is 12.3. The molecule has 0 saturated carbocycles. The minimum atomic E-state index is -0.219. The van der Waals surface area contributed by atoms with Crippen LogP contribution in [0.1, 0.15) is 24.3 Å². The SMILES string of the molecule is O=C(CNc1cccc(C2CCCN(c3ncnc4[nH]ccc34)C2)c1)Nc1c(Cl)cccc1Cl. The Hall–Kier alpha value is -3.29. The van der Waals surface area contributed by atoms with Gasteiger partial charge in [0.1, 0.15) is 17.8 Å². The van der Waals surface area contributed by atoms with Gasteiger partial charge in [0.15, 0.2) is 0 Å². The Morgan fingerprint density at radius 1 is 1.12 bits per heavy atom. The van der Waals surface area contributed by atoms with Gasteiger partial charge in [-0.15, -0.1) is 0 Å². The molecule has 0 aliphatic carbocycles. The van der Waals surface area contributed by atoms with Crippen LogP contribution in [-0.4, -0.2) is 40.5 Å². The van der Waals surface area contributed by atoms with Gasteiger partial charge in [-0.25, -0.2) is 9.97 Å². The van der Waals surface area contributed by atoms with E-state index in [1.165, 1.54) is 5.56 Å². The van der Waals surface area contributed by atoms with E-state index >= 15 is 0 Å². The van der Waals surface area contributed by atoms with E-state index in [-0.39, 0.29) is 12.5 Å². The third-order valence-corrected chi connectivity index (χ3v) is 6.72. The minimum absolute atomic E-state index is 0.105. The Balaban J connectivity index is 1.25. The molecule has 0 bridgehead atoms. The molecule has 3 N–H and O–H groups in total. The monoisotopic (exact) mass is 494 g/mol. The third kappa shape index (κ3) is 4.81. The van der Waals surface area contributed by atoms with E-state index in [4.69, 9.17) is 23.2 Å².